The molecule has 3 aromatic rings. The number of carbonyl (C=O) groups is 4. The van der Waals surface area contributed by atoms with Gasteiger partial charge in [-0.3, -0.25) is 19.3 Å². The highest BCUT2D eigenvalue weighted by Crippen LogP contribution is 2.68. The number of aliphatic hydroxyl groups excluding tert-OH is 1. The van der Waals surface area contributed by atoms with Crippen LogP contribution in [0.4, 0.5) is 5.69 Å². The van der Waals surface area contributed by atoms with E-state index in [4.69, 9.17) is 18.9 Å². The number of nitrogens with zero attached hydrogens (tertiary/aromatic N) is 3. The lowest BCUT2D eigenvalue weighted by molar-refractivity contribution is -0.228. The Kier molecular flexibility index (Phi) is 9.52. The molecule has 1 unspecified atom stereocenters. The van der Waals surface area contributed by atoms with E-state index in [1.165, 1.54) is 28.3 Å². The van der Waals surface area contributed by atoms with Gasteiger partial charge in [0, 0.05) is 77.8 Å². The number of benzene rings is 2. The molecule has 1 aliphatic carbocycles. The largest absolute Gasteiger partial charge is 0.496 e. The minimum absolute atomic E-state index is 0.0652. The van der Waals surface area contributed by atoms with Gasteiger partial charge in [-0.25, -0.2) is 4.79 Å². The number of hydrogen-bond acceptors (Lipinski definition) is 13. The second kappa shape index (κ2) is 14.0. The molecule has 6 aliphatic rings. The molecular weight excluding hydrogens is 785 g/mol. The number of aliphatic hydroxyl groups is 3. The number of ether oxygens (including phenoxy) is 4. The minimum Gasteiger partial charge on any atom is -0.496 e. The summed E-state index contributed by atoms with van der Waals surface area (Å²) in [6.45, 7) is 6.31. The van der Waals surface area contributed by atoms with E-state index < -0.39 is 75.6 Å². The monoisotopic (exact) mass is 840 g/mol. The van der Waals surface area contributed by atoms with Crippen LogP contribution in [0.25, 0.3) is 10.9 Å². The van der Waals surface area contributed by atoms with Gasteiger partial charge in [-0.1, -0.05) is 44.2 Å². The number of anilines is 1. The fourth-order valence-electron chi connectivity index (χ4n) is 13.3. The number of aromatic nitrogens is 1. The van der Waals surface area contributed by atoms with E-state index in [1.807, 2.05) is 54.3 Å². The smallest absolute Gasteiger partial charge is 0.344 e. The van der Waals surface area contributed by atoms with Gasteiger partial charge in [-0.15, -0.1) is 0 Å². The zero-order valence-electron chi connectivity index (χ0n) is 35.8. The average Bonchev–Trinajstić information content (AvgIpc) is 3.92. The Morgan fingerprint density at radius 3 is 2.38 bits per heavy atom. The van der Waals surface area contributed by atoms with E-state index in [1.54, 1.807) is 24.9 Å². The highest BCUT2D eigenvalue weighted by molar-refractivity contribution is 5.96. The summed E-state index contributed by atoms with van der Waals surface area (Å²) in [4.78, 5) is 66.7. The lowest BCUT2D eigenvalue weighted by Gasteiger charge is -2.63. The summed E-state index contributed by atoms with van der Waals surface area (Å²) in [5, 5.41) is 38.2. The van der Waals surface area contributed by atoms with Crippen molar-refractivity contribution in [3.05, 3.63) is 70.9 Å². The highest BCUT2D eigenvalue weighted by atomic mass is 16.6. The van der Waals surface area contributed by atoms with E-state index in [0.29, 0.717) is 49.3 Å². The van der Waals surface area contributed by atoms with Crippen molar-refractivity contribution in [2.45, 2.75) is 99.2 Å². The first kappa shape index (κ1) is 41.4. The van der Waals surface area contributed by atoms with Crippen LogP contribution in [0.5, 0.6) is 5.75 Å². The van der Waals surface area contributed by atoms with Crippen LogP contribution in [0.3, 0.4) is 0 Å². The molecule has 5 aliphatic heterocycles. The van der Waals surface area contributed by atoms with E-state index in [9.17, 15) is 29.7 Å². The van der Waals surface area contributed by atoms with Gasteiger partial charge < -0.3 is 49.1 Å². The summed E-state index contributed by atoms with van der Waals surface area (Å²) < 4.78 is 23.6. The van der Waals surface area contributed by atoms with Gasteiger partial charge in [-0.05, 0) is 61.9 Å². The quantitative estimate of drug-likeness (QED) is 0.154. The first-order valence-corrected chi connectivity index (χ1v) is 21.3. The fraction of sp³-hybridized carbons (Fsp3) is 0.565. The molecule has 4 N–H and O–H groups in total. The number of para-hydroxylation sites is 1. The first-order valence-electron chi connectivity index (χ1n) is 21.3. The van der Waals surface area contributed by atoms with E-state index in [0.717, 1.165) is 22.0 Å². The standard InChI is InChI=1S/C46H56N4O11/c1-8-42-16-12-18-49-20-17-44(37(42)49)29-21-30(33(58-5)22-32(29)48(4)38(44)46(57,41(55)60-7)39(42)61-25(3)51)45(40(54)59-6)23-28-35(52)43(56,9-2)24-50(36(28)53)19-15-27-26-13-10-11-14-31(26)47-34(27)45/h10-14,16,21-22,28,35,37-39,47,52,56-57H,8-9,15,17-20,23-24H2,1-7H3/t28-,35?,37-,38+,39+,42+,43+,44+,45-,46-/m0/s1. The molecule has 326 valence electrons. The van der Waals surface area contributed by atoms with Crippen molar-refractivity contribution in [1.82, 2.24) is 14.8 Å². The van der Waals surface area contributed by atoms with Crippen molar-refractivity contribution in [1.29, 1.82) is 0 Å². The topological polar surface area (TPSA) is 191 Å². The molecule has 15 heteroatoms. The molecular formula is C46H56N4O11. The van der Waals surface area contributed by atoms with Gasteiger partial charge in [0.05, 0.1) is 45.9 Å². The molecule has 3 fully saturated rings. The number of rotatable bonds is 7. The molecule has 2 saturated heterocycles. The maximum Gasteiger partial charge on any atom is 0.344 e. The number of aromatic amines is 1. The van der Waals surface area contributed by atoms with Crippen LogP contribution >= 0.6 is 0 Å². The Hall–Kier alpha value is -4.96. The summed E-state index contributed by atoms with van der Waals surface area (Å²) in [7, 11) is 5.78. The maximum absolute atomic E-state index is 15.3. The summed E-state index contributed by atoms with van der Waals surface area (Å²) >= 11 is 0. The fourth-order valence-corrected chi connectivity index (χ4v) is 13.3. The lowest BCUT2D eigenvalue weighted by Crippen LogP contribution is -2.81. The maximum atomic E-state index is 15.3. The molecule has 6 heterocycles. The van der Waals surface area contributed by atoms with Gasteiger partial charge in [0.15, 0.2) is 6.10 Å². The molecule has 10 atom stereocenters. The molecule has 61 heavy (non-hydrogen) atoms. The van der Waals surface area contributed by atoms with Crippen LogP contribution in [0.2, 0.25) is 0 Å². The van der Waals surface area contributed by atoms with E-state index in [-0.39, 0.29) is 37.6 Å². The van der Waals surface area contributed by atoms with Gasteiger partial charge >= 0.3 is 17.9 Å². The van der Waals surface area contributed by atoms with Gasteiger partial charge in [0.2, 0.25) is 11.5 Å². The second-order valence-electron chi connectivity index (χ2n) is 18.1. The summed E-state index contributed by atoms with van der Waals surface area (Å²) in [6.07, 6.45) is 2.18. The van der Waals surface area contributed by atoms with Gasteiger partial charge in [0.25, 0.3) is 0 Å². The number of esters is 3. The number of piperidine rings is 1. The predicted octanol–water partition coefficient (Wildman–Crippen LogP) is 2.49. The SMILES string of the molecule is CC[C@@]1(O)CN2CCc3c([nH]c4ccccc34)[C@@](C(=O)OC)(c3cc4c(cc3OC)N(C)[C@H]3[C@@](O)(C(=O)OC)[C@H](OC(C)=O)[C@]5(CC)C=CCN6CC[C@]43[C@@H]65)C[C@H](C2=O)C1O. The van der Waals surface area contributed by atoms with Crippen LogP contribution in [-0.4, -0.2) is 144 Å². The molecule has 1 amide bonds. The van der Waals surface area contributed by atoms with E-state index >= 15 is 4.79 Å². The number of hydrogen-bond donors (Lipinski definition) is 4. The third-order valence-corrected chi connectivity index (χ3v) is 15.8. The molecule has 0 radical (unpaired) electrons. The lowest BCUT2D eigenvalue weighted by atomic mass is 9.47. The number of fused-ring (bicyclic) bond motifs is 6. The summed E-state index contributed by atoms with van der Waals surface area (Å²) in [5.74, 6) is -3.68. The Bertz CT molecular complexity index is 2380. The van der Waals surface area contributed by atoms with Crippen LogP contribution in [0.15, 0.2) is 48.6 Å². The number of likely N-dealkylation sites (N-methyl/N-ethyl adjacent to an activating group) is 1. The van der Waals surface area contributed by atoms with Gasteiger partial charge in [-0.2, -0.15) is 0 Å². The van der Waals surface area contributed by atoms with Crippen LogP contribution in [-0.2, 0) is 50.6 Å². The van der Waals surface area contributed by atoms with Gasteiger partial charge in [0.1, 0.15) is 16.8 Å². The highest BCUT2D eigenvalue weighted by Gasteiger charge is 2.80. The molecule has 2 aromatic carbocycles. The summed E-state index contributed by atoms with van der Waals surface area (Å²) in [6, 6.07) is 9.99. The Balaban J connectivity index is 1.38. The van der Waals surface area contributed by atoms with Crippen LogP contribution in [0.1, 0.15) is 68.8 Å². The molecule has 1 saturated carbocycles. The van der Waals surface area contributed by atoms with E-state index in [2.05, 4.69) is 9.88 Å². The van der Waals surface area contributed by atoms with Crippen LogP contribution < -0.4 is 9.64 Å². The number of H-pyrrole nitrogens is 1. The molecule has 2 bridgehead atoms. The Morgan fingerprint density at radius 1 is 0.967 bits per heavy atom. The van der Waals surface area contributed by atoms with Crippen molar-refractivity contribution in [2.24, 2.45) is 11.3 Å². The summed E-state index contributed by atoms with van der Waals surface area (Å²) in [5.41, 5.74) is -4.27. The molecule has 15 nitrogen and oxygen atoms in total. The molecule has 1 spiro atoms. The first-order chi connectivity index (χ1) is 29.1. The number of nitrogens with one attached hydrogen (secondary N) is 1. The van der Waals surface area contributed by atoms with Crippen molar-refractivity contribution < 1.29 is 53.4 Å². The zero-order chi connectivity index (χ0) is 43.6. The van der Waals surface area contributed by atoms with Crippen molar-refractivity contribution in [3.8, 4) is 5.75 Å². The Morgan fingerprint density at radius 2 is 1.70 bits per heavy atom. The molecule has 1 aromatic heterocycles. The second-order valence-corrected chi connectivity index (χ2v) is 18.1. The average molecular weight is 841 g/mol. The third kappa shape index (κ3) is 5.11. The van der Waals surface area contributed by atoms with Crippen LogP contribution in [0, 0.1) is 11.3 Å². The Labute approximate surface area is 354 Å². The molecule has 9 rings (SSSR count). The minimum atomic E-state index is -2.39. The number of carbonyl (C=O) groups excluding carboxylic acids is 4. The normalized spacial score (nSPS) is 36.2. The van der Waals surface area contributed by atoms with Crippen molar-refractivity contribution >= 4 is 40.4 Å². The third-order valence-electron chi connectivity index (χ3n) is 15.8. The number of amides is 1. The number of methoxy groups -OCH3 is 3. The van der Waals surface area contributed by atoms with Crippen molar-refractivity contribution in [3.63, 3.8) is 0 Å². The predicted molar refractivity (Wildman–Crippen MR) is 222 cm³/mol. The zero-order valence-corrected chi connectivity index (χ0v) is 35.8. The van der Waals surface area contributed by atoms with Crippen molar-refractivity contribution in [2.75, 3.05) is 59.5 Å².